The van der Waals surface area contributed by atoms with Gasteiger partial charge in [-0.1, -0.05) is 36.6 Å². The van der Waals surface area contributed by atoms with E-state index in [0.717, 1.165) is 11.9 Å². The molecule has 0 saturated heterocycles. The number of hydrogen-bond acceptors (Lipinski definition) is 2. The molecular weight excluding hydrogens is 244 g/mol. The summed E-state index contributed by atoms with van der Waals surface area (Å²) < 4.78 is 0. The Labute approximate surface area is 120 Å². The second-order valence-corrected chi connectivity index (χ2v) is 5.67. The Morgan fingerprint density at radius 1 is 1.05 bits per heavy atom. The van der Waals surface area contributed by atoms with Crippen molar-refractivity contribution in [2.75, 3.05) is 0 Å². The van der Waals surface area contributed by atoms with Crippen molar-refractivity contribution in [2.45, 2.75) is 44.6 Å². The van der Waals surface area contributed by atoms with Crippen LogP contribution in [0.1, 0.15) is 50.1 Å². The van der Waals surface area contributed by atoms with Crippen molar-refractivity contribution in [3.05, 3.63) is 53.7 Å². The maximum atomic E-state index is 6.49. The predicted molar refractivity (Wildman–Crippen MR) is 84.5 cm³/mol. The fourth-order valence-electron chi connectivity index (χ4n) is 3.00. The Morgan fingerprint density at radius 3 is 2.90 bits per heavy atom. The molecule has 0 saturated carbocycles. The van der Waals surface area contributed by atoms with Crippen LogP contribution in [0.15, 0.2) is 48.2 Å². The van der Waals surface area contributed by atoms with Crippen LogP contribution >= 0.6 is 0 Å². The molecule has 2 N–H and O–H groups in total. The van der Waals surface area contributed by atoms with Crippen molar-refractivity contribution in [2.24, 2.45) is 5.73 Å². The zero-order valence-corrected chi connectivity index (χ0v) is 11.9. The van der Waals surface area contributed by atoms with Crippen LogP contribution < -0.4 is 5.73 Å². The molecule has 1 aromatic carbocycles. The van der Waals surface area contributed by atoms with Gasteiger partial charge in [0.05, 0.1) is 11.6 Å². The maximum absolute atomic E-state index is 6.49. The summed E-state index contributed by atoms with van der Waals surface area (Å²) in [6.45, 7) is 0. The van der Waals surface area contributed by atoms with Gasteiger partial charge in [0, 0.05) is 11.6 Å². The van der Waals surface area contributed by atoms with Gasteiger partial charge in [0.2, 0.25) is 0 Å². The average molecular weight is 266 g/mol. The first-order chi connectivity index (χ1) is 9.84. The zero-order valence-electron chi connectivity index (χ0n) is 11.9. The lowest BCUT2D eigenvalue weighted by Gasteiger charge is -2.19. The van der Waals surface area contributed by atoms with Crippen molar-refractivity contribution in [1.82, 2.24) is 4.98 Å². The van der Waals surface area contributed by atoms with Crippen LogP contribution in [0.25, 0.3) is 10.9 Å². The highest BCUT2D eigenvalue weighted by atomic mass is 14.7. The number of hydrogen-bond donors (Lipinski definition) is 1. The van der Waals surface area contributed by atoms with E-state index in [2.05, 4.69) is 35.3 Å². The Hall–Kier alpha value is -1.67. The summed E-state index contributed by atoms with van der Waals surface area (Å²) in [5.41, 5.74) is 10.1. The van der Waals surface area contributed by atoms with Crippen LogP contribution in [-0.2, 0) is 0 Å². The second kappa shape index (κ2) is 6.19. The van der Waals surface area contributed by atoms with E-state index in [1.165, 1.54) is 48.6 Å². The first-order valence-electron chi connectivity index (χ1n) is 7.64. The van der Waals surface area contributed by atoms with E-state index in [1.54, 1.807) is 0 Å². The molecule has 0 radical (unpaired) electrons. The van der Waals surface area contributed by atoms with E-state index in [4.69, 9.17) is 5.73 Å². The highest BCUT2D eigenvalue weighted by Crippen LogP contribution is 2.28. The van der Waals surface area contributed by atoms with E-state index < -0.39 is 0 Å². The van der Waals surface area contributed by atoms with Gasteiger partial charge in [-0.15, -0.1) is 0 Å². The number of nitrogens with two attached hydrogens (primary N) is 1. The van der Waals surface area contributed by atoms with E-state index in [-0.39, 0.29) is 6.04 Å². The summed E-state index contributed by atoms with van der Waals surface area (Å²) >= 11 is 0. The molecule has 0 spiro atoms. The summed E-state index contributed by atoms with van der Waals surface area (Å²) in [6.07, 6.45) is 11.8. The van der Waals surface area contributed by atoms with Crippen LogP contribution in [0, 0.1) is 0 Å². The third kappa shape index (κ3) is 2.91. The smallest absolute Gasteiger partial charge is 0.0702 e. The topological polar surface area (TPSA) is 38.9 Å². The van der Waals surface area contributed by atoms with E-state index in [0.29, 0.717) is 0 Å². The summed E-state index contributed by atoms with van der Waals surface area (Å²) in [5, 5.41) is 1.17. The van der Waals surface area contributed by atoms with Gasteiger partial charge in [0.1, 0.15) is 0 Å². The van der Waals surface area contributed by atoms with E-state index in [1.807, 2.05) is 12.3 Å². The van der Waals surface area contributed by atoms with Crippen LogP contribution in [0.2, 0.25) is 0 Å². The van der Waals surface area contributed by atoms with Crippen molar-refractivity contribution in [1.29, 1.82) is 0 Å². The Balaban J connectivity index is 1.88. The Kier molecular flexibility index (Phi) is 4.12. The van der Waals surface area contributed by atoms with Gasteiger partial charge in [0.25, 0.3) is 0 Å². The number of fused-ring (bicyclic) bond motifs is 1. The molecule has 1 unspecified atom stereocenters. The molecule has 1 aliphatic carbocycles. The van der Waals surface area contributed by atoms with Crippen molar-refractivity contribution in [3.8, 4) is 0 Å². The summed E-state index contributed by atoms with van der Waals surface area (Å²) in [4.78, 5) is 4.37. The summed E-state index contributed by atoms with van der Waals surface area (Å²) in [5.74, 6) is 0. The third-order valence-corrected chi connectivity index (χ3v) is 4.21. The molecule has 104 valence electrons. The number of aromatic nitrogens is 1. The molecule has 3 rings (SSSR count). The summed E-state index contributed by atoms with van der Waals surface area (Å²) in [7, 11) is 0. The van der Waals surface area contributed by atoms with Gasteiger partial charge < -0.3 is 5.73 Å². The van der Waals surface area contributed by atoms with Gasteiger partial charge in [-0.2, -0.15) is 0 Å². The molecule has 0 amide bonds. The lowest BCUT2D eigenvalue weighted by atomic mass is 9.91. The highest BCUT2D eigenvalue weighted by Gasteiger charge is 2.13. The van der Waals surface area contributed by atoms with Crippen LogP contribution in [-0.4, -0.2) is 4.98 Å². The van der Waals surface area contributed by atoms with Crippen molar-refractivity contribution < 1.29 is 0 Å². The molecule has 0 bridgehead atoms. The molecule has 2 aromatic rings. The quantitative estimate of drug-likeness (QED) is 0.812. The highest BCUT2D eigenvalue weighted by molar-refractivity contribution is 5.79. The van der Waals surface area contributed by atoms with Gasteiger partial charge in [0.15, 0.2) is 0 Å². The van der Waals surface area contributed by atoms with E-state index in [9.17, 15) is 0 Å². The second-order valence-electron chi connectivity index (χ2n) is 5.67. The number of rotatable bonds is 2. The average Bonchev–Trinajstić information content (AvgIpc) is 2.46. The fourth-order valence-corrected chi connectivity index (χ4v) is 3.00. The number of allylic oxidation sites excluding steroid dienone is 1. The maximum Gasteiger partial charge on any atom is 0.0702 e. The molecular formula is C18H22N2. The van der Waals surface area contributed by atoms with Crippen LogP contribution in [0.4, 0.5) is 0 Å². The molecule has 1 heterocycles. The largest absolute Gasteiger partial charge is 0.321 e. The van der Waals surface area contributed by atoms with Gasteiger partial charge in [-0.05, 0) is 49.4 Å². The number of nitrogens with zero attached hydrogens (tertiary/aromatic N) is 1. The molecule has 1 atom stereocenters. The van der Waals surface area contributed by atoms with Gasteiger partial charge in [-0.3, -0.25) is 4.98 Å². The lowest BCUT2D eigenvalue weighted by Crippen LogP contribution is -2.14. The van der Waals surface area contributed by atoms with Crippen LogP contribution in [0.3, 0.4) is 0 Å². The zero-order chi connectivity index (χ0) is 13.8. The SMILES string of the molecule is NC(/C1=C/CCCCCC1)c1ccc2ncccc2c1. The normalized spacial score (nSPS) is 20.8. The van der Waals surface area contributed by atoms with Gasteiger partial charge >= 0.3 is 0 Å². The lowest BCUT2D eigenvalue weighted by molar-refractivity contribution is 0.602. The minimum absolute atomic E-state index is 0.0395. The third-order valence-electron chi connectivity index (χ3n) is 4.21. The molecule has 20 heavy (non-hydrogen) atoms. The Morgan fingerprint density at radius 2 is 1.95 bits per heavy atom. The summed E-state index contributed by atoms with van der Waals surface area (Å²) in [6, 6.07) is 10.5. The molecule has 1 aliphatic rings. The minimum Gasteiger partial charge on any atom is -0.321 e. The monoisotopic (exact) mass is 266 g/mol. The first-order valence-corrected chi connectivity index (χ1v) is 7.64. The first kappa shape index (κ1) is 13.3. The number of benzene rings is 1. The predicted octanol–water partition coefficient (Wildman–Crippen LogP) is 4.52. The molecule has 0 aliphatic heterocycles. The van der Waals surface area contributed by atoms with Crippen molar-refractivity contribution >= 4 is 10.9 Å². The Bertz CT molecular complexity index is 616. The molecule has 2 heteroatoms. The minimum atomic E-state index is 0.0395. The molecule has 0 fully saturated rings. The van der Waals surface area contributed by atoms with Gasteiger partial charge in [-0.25, -0.2) is 0 Å². The molecule has 1 aromatic heterocycles. The number of pyridine rings is 1. The standard InChI is InChI=1S/C18H22N2/c19-18(14-7-4-2-1-3-5-8-14)16-10-11-17-15(13-16)9-6-12-20-17/h6-7,9-13,18H,1-5,8,19H2/b14-7+. The van der Waals surface area contributed by atoms with Crippen molar-refractivity contribution in [3.63, 3.8) is 0 Å². The molecule has 2 nitrogen and oxygen atoms in total. The van der Waals surface area contributed by atoms with Crippen LogP contribution in [0.5, 0.6) is 0 Å². The fraction of sp³-hybridized carbons (Fsp3) is 0.389. The van der Waals surface area contributed by atoms with E-state index >= 15 is 0 Å².